The molecule has 1 saturated heterocycles. The summed E-state index contributed by atoms with van der Waals surface area (Å²) in [7, 11) is -7.07. The molecule has 3 rings (SSSR count). The molecule has 9 heteroatoms. The Kier molecular flexibility index (Phi) is 5.71. The molecule has 0 aliphatic carbocycles. The summed E-state index contributed by atoms with van der Waals surface area (Å²) >= 11 is 0. The standard InChI is InChI=1S/C17H21N3O4S2/c21-25(22,16-5-2-1-3-6-16)19-13-15-8-11-20(12-9-15)26(23,24)17-7-4-10-18-14-17/h1-7,10,14-15,19H,8-9,11-13H2. The summed E-state index contributed by atoms with van der Waals surface area (Å²) in [6, 6.07) is 11.3. The predicted octanol–water partition coefficient (Wildman–Crippen LogP) is 1.46. The highest BCUT2D eigenvalue weighted by molar-refractivity contribution is 7.89. The van der Waals surface area contributed by atoms with Crippen molar-refractivity contribution in [1.29, 1.82) is 0 Å². The molecule has 1 aromatic carbocycles. The molecule has 1 aromatic heterocycles. The van der Waals surface area contributed by atoms with Crippen LogP contribution in [0.3, 0.4) is 0 Å². The summed E-state index contributed by atoms with van der Waals surface area (Å²) in [5.41, 5.74) is 0. The molecule has 2 heterocycles. The minimum absolute atomic E-state index is 0.105. The van der Waals surface area contributed by atoms with Crippen LogP contribution < -0.4 is 4.72 Å². The van der Waals surface area contributed by atoms with E-state index < -0.39 is 20.0 Å². The molecule has 140 valence electrons. The Hall–Kier alpha value is -1.81. The molecule has 0 amide bonds. The number of piperidine rings is 1. The number of aromatic nitrogens is 1. The second-order valence-electron chi connectivity index (χ2n) is 6.20. The summed E-state index contributed by atoms with van der Waals surface area (Å²) in [5.74, 6) is 0.105. The van der Waals surface area contributed by atoms with Gasteiger partial charge in [0, 0.05) is 32.0 Å². The van der Waals surface area contributed by atoms with Crippen molar-refractivity contribution in [3.63, 3.8) is 0 Å². The second kappa shape index (κ2) is 7.83. The van der Waals surface area contributed by atoms with Gasteiger partial charge in [0.15, 0.2) is 0 Å². The first-order chi connectivity index (χ1) is 12.4. The molecule has 0 radical (unpaired) electrons. The van der Waals surface area contributed by atoms with Gasteiger partial charge in [-0.3, -0.25) is 4.98 Å². The first-order valence-electron chi connectivity index (χ1n) is 8.34. The van der Waals surface area contributed by atoms with Crippen molar-refractivity contribution < 1.29 is 16.8 Å². The van der Waals surface area contributed by atoms with E-state index in [-0.39, 0.29) is 15.7 Å². The zero-order valence-corrected chi connectivity index (χ0v) is 15.8. The van der Waals surface area contributed by atoms with Crippen LogP contribution in [0.4, 0.5) is 0 Å². The van der Waals surface area contributed by atoms with Crippen LogP contribution in [0.2, 0.25) is 0 Å². The minimum atomic E-state index is -3.54. The number of hydrogen-bond donors (Lipinski definition) is 1. The quantitative estimate of drug-likeness (QED) is 0.799. The highest BCUT2D eigenvalue weighted by Crippen LogP contribution is 2.23. The number of nitrogens with zero attached hydrogens (tertiary/aromatic N) is 2. The second-order valence-corrected chi connectivity index (χ2v) is 9.91. The van der Waals surface area contributed by atoms with E-state index in [9.17, 15) is 16.8 Å². The normalized spacial score (nSPS) is 17.2. The van der Waals surface area contributed by atoms with Crippen molar-refractivity contribution in [3.8, 4) is 0 Å². The fourth-order valence-corrected chi connectivity index (χ4v) is 5.48. The van der Waals surface area contributed by atoms with Crippen LogP contribution >= 0.6 is 0 Å². The Morgan fingerprint density at radius 1 is 0.962 bits per heavy atom. The maximum atomic E-state index is 12.6. The van der Waals surface area contributed by atoms with E-state index in [0.29, 0.717) is 32.5 Å². The van der Waals surface area contributed by atoms with Crippen molar-refractivity contribution in [3.05, 3.63) is 54.9 Å². The Morgan fingerprint density at radius 2 is 1.62 bits per heavy atom. The maximum Gasteiger partial charge on any atom is 0.244 e. The van der Waals surface area contributed by atoms with Crippen molar-refractivity contribution in [1.82, 2.24) is 14.0 Å². The predicted molar refractivity (Wildman–Crippen MR) is 97.4 cm³/mol. The van der Waals surface area contributed by atoms with Crippen molar-refractivity contribution in [2.24, 2.45) is 5.92 Å². The summed E-state index contributed by atoms with van der Waals surface area (Å²) in [6.45, 7) is 1.04. The van der Waals surface area contributed by atoms with E-state index in [1.807, 2.05) is 0 Å². The van der Waals surface area contributed by atoms with Crippen LogP contribution in [-0.4, -0.2) is 45.8 Å². The highest BCUT2D eigenvalue weighted by atomic mass is 32.2. The van der Waals surface area contributed by atoms with E-state index >= 15 is 0 Å². The van der Waals surface area contributed by atoms with Gasteiger partial charge in [-0.2, -0.15) is 4.31 Å². The van der Waals surface area contributed by atoms with Crippen molar-refractivity contribution >= 4 is 20.0 Å². The number of rotatable bonds is 6. The van der Waals surface area contributed by atoms with Crippen molar-refractivity contribution in [2.75, 3.05) is 19.6 Å². The molecule has 0 saturated carbocycles. The zero-order chi connectivity index (χ0) is 18.6. The van der Waals surface area contributed by atoms with Gasteiger partial charge in [0.1, 0.15) is 4.90 Å². The van der Waals surface area contributed by atoms with Crippen LogP contribution in [-0.2, 0) is 20.0 Å². The molecule has 0 unspecified atom stereocenters. The smallest absolute Gasteiger partial charge is 0.244 e. The number of nitrogens with one attached hydrogen (secondary N) is 1. The highest BCUT2D eigenvalue weighted by Gasteiger charge is 2.30. The minimum Gasteiger partial charge on any atom is -0.263 e. The van der Waals surface area contributed by atoms with E-state index in [0.717, 1.165) is 0 Å². The SMILES string of the molecule is O=S(=O)(NCC1CCN(S(=O)(=O)c2cccnc2)CC1)c1ccccc1. The largest absolute Gasteiger partial charge is 0.263 e. The Labute approximate surface area is 154 Å². The van der Waals surface area contributed by atoms with Gasteiger partial charge in [-0.25, -0.2) is 21.6 Å². The van der Waals surface area contributed by atoms with Gasteiger partial charge in [0.2, 0.25) is 20.0 Å². The Bertz CT molecular complexity index is 924. The number of pyridine rings is 1. The first kappa shape index (κ1) is 19.0. The number of sulfonamides is 2. The third-order valence-electron chi connectivity index (χ3n) is 4.46. The molecule has 26 heavy (non-hydrogen) atoms. The lowest BCUT2D eigenvalue weighted by molar-refractivity contribution is 0.274. The van der Waals surface area contributed by atoms with Gasteiger partial charge in [-0.15, -0.1) is 0 Å². The molecule has 1 fully saturated rings. The summed E-state index contributed by atoms with van der Waals surface area (Å²) < 4.78 is 53.7. The number of benzene rings is 1. The molecule has 7 nitrogen and oxygen atoms in total. The molecule has 1 aliphatic heterocycles. The third-order valence-corrected chi connectivity index (χ3v) is 7.78. The maximum absolute atomic E-state index is 12.6. The van der Waals surface area contributed by atoms with E-state index in [1.54, 1.807) is 36.4 Å². The summed E-state index contributed by atoms with van der Waals surface area (Å²) in [6.07, 6.45) is 4.09. The van der Waals surface area contributed by atoms with Crippen LogP contribution in [0.1, 0.15) is 12.8 Å². The van der Waals surface area contributed by atoms with Gasteiger partial charge in [0.05, 0.1) is 4.90 Å². The molecular weight excluding hydrogens is 374 g/mol. The van der Waals surface area contributed by atoms with Crippen LogP contribution in [0, 0.1) is 5.92 Å². The average Bonchev–Trinajstić information content (AvgIpc) is 2.68. The Balaban J connectivity index is 1.56. The fraction of sp³-hybridized carbons (Fsp3) is 0.353. The Morgan fingerprint density at radius 3 is 2.23 bits per heavy atom. The lowest BCUT2D eigenvalue weighted by atomic mass is 9.99. The topological polar surface area (TPSA) is 96.4 Å². The summed E-state index contributed by atoms with van der Waals surface area (Å²) in [4.78, 5) is 4.28. The average molecular weight is 396 g/mol. The lowest BCUT2D eigenvalue weighted by Crippen LogP contribution is -2.41. The van der Waals surface area contributed by atoms with Crippen LogP contribution in [0.5, 0.6) is 0 Å². The fourth-order valence-electron chi connectivity index (χ4n) is 2.91. The molecule has 1 N–H and O–H groups in total. The van der Waals surface area contributed by atoms with Crippen LogP contribution in [0.15, 0.2) is 64.6 Å². The van der Waals surface area contributed by atoms with E-state index in [2.05, 4.69) is 9.71 Å². The number of hydrogen-bond acceptors (Lipinski definition) is 5. The molecular formula is C17H21N3O4S2. The van der Waals surface area contributed by atoms with Gasteiger partial charge in [0.25, 0.3) is 0 Å². The molecule has 1 aliphatic rings. The zero-order valence-electron chi connectivity index (χ0n) is 14.2. The molecule has 2 aromatic rings. The lowest BCUT2D eigenvalue weighted by Gasteiger charge is -2.31. The van der Waals surface area contributed by atoms with Crippen molar-refractivity contribution in [2.45, 2.75) is 22.6 Å². The van der Waals surface area contributed by atoms with E-state index in [4.69, 9.17) is 0 Å². The molecule has 0 spiro atoms. The van der Waals surface area contributed by atoms with Crippen LogP contribution in [0.25, 0.3) is 0 Å². The van der Waals surface area contributed by atoms with Gasteiger partial charge < -0.3 is 0 Å². The summed E-state index contributed by atoms with van der Waals surface area (Å²) in [5, 5.41) is 0. The monoisotopic (exact) mass is 395 g/mol. The first-order valence-corrected chi connectivity index (χ1v) is 11.3. The van der Waals surface area contributed by atoms with Gasteiger partial charge in [-0.1, -0.05) is 18.2 Å². The van der Waals surface area contributed by atoms with Gasteiger partial charge in [-0.05, 0) is 43.0 Å². The molecule has 0 atom stereocenters. The third kappa shape index (κ3) is 4.29. The van der Waals surface area contributed by atoms with Gasteiger partial charge >= 0.3 is 0 Å². The molecule has 0 bridgehead atoms. The van der Waals surface area contributed by atoms with E-state index in [1.165, 1.54) is 22.8 Å².